The summed E-state index contributed by atoms with van der Waals surface area (Å²) in [6, 6.07) is -1.50. The number of thioether (sulfide) groups is 1. The molecule has 0 aliphatic heterocycles. The van der Waals surface area contributed by atoms with Crippen LogP contribution < -0.4 is 5.73 Å². The molecule has 0 aromatic rings. The summed E-state index contributed by atoms with van der Waals surface area (Å²) in [6.07, 6.45) is -5.19. The van der Waals surface area contributed by atoms with Gasteiger partial charge in [-0.05, 0) is 0 Å². The van der Waals surface area contributed by atoms with Gasteiger partial charge < -0.3 is 15.9 Å². The molecule has 0 rings (SSSR count). The highest BCUT2D eigenvalue weighted by molar-refractivity contribution is 8.02. The average Bonchev–Trinajstić information content (AvgIpc) is 2.10. The summed E-state index contributed by atoms with van der Waals surface area (Å²) in [5, 5.41) is 14.6. The first-order chi connectivity index (χ1) is 6.66. The van der Waals surface area contributed by atoms with Crippen LogP contribution in [-0.2, 0) is 4.79 Å². The second kappa shape index (κ2) is 5.21. The molecule has 0 aliphatic rings. The standard InChI is InChI=1S/C6H7F4NO3S/c7-4(3(12)6(8,9)10)15-1-2(11)5(13)14/h2,12H,1,11H2,(H,13,14)/b4-3+/t2-/m0/s1. The molecule has 0 saturated heterocycles. The van der Waals surface area contributed by atoms with E-state index in [1.165, 1.54) is 0 Å². The summed E-state index contributed by atoms with van der Waals surface area (Å²) in [5.74, 6) is -4.46. The third-order valence-electron chi connectivity index (χ3n) is 1.16. The minimum atomic E-state index is -5.19. The van der Waals surface area contributed by atoms with Crippen LogP contribution >= 0.6 is 11.8 Å². The molecule has 0 saturated carbocycles. The molecule has 4 nitrogen and oxygen atoms in total. The predicted molar refractivity (Wildman–Crippen MR) is 44.9 cm³/mol. The first-order valence-electron chi connectivity index (χ1n) is 3.43. The maximum Gasteiger partial charge on any atom is 0.452 e. The fraction of sp³-hybridized carbons (Fsp3) is 0.500. The molecule has 1 atom stereocenters. The molecule has 0 unspecified atom stereocenters. The Balaban J connectivity index is 4.37. The van der Waals surface area contributed by atoms with Crippen molar-refractivity contribution in [1.82, 2.24) is 0 Å². The smallest absolute Gasteiger partial charge is 0.452 e. The number of alkyl halides is 3. The summed E-state index contributed by atoms with van der Waals surface area (Å²) < 4.78 is 47.6. The minimum absolute atomic E-state index is 0.115. The lowest BCUT2D eigenvalue weighted by Crippen LogP contribution is -2.32. The van der Waals surface area contributed by atoms with Gasteiger partial charge in [0.15, 0.2) is 0 Å². The average molecular weight is 249 g/mol. The van der Waals surface area contributed by atoms with Crippen molar-refractivity contribution in [2.45, 2.75) is 12.2 Å². The van der Waals surface area contributed by atoms with Crippen molar-refractivity contribution in [2.75, 3.05) is 5.75 Å². The van der Waals surface area contributed by atoms with Crippen LogP contribution in [-0.4, -0.2) is 34.2 Å². The molecule has 0 fully saturated rings. The maximum absolute atomic E-state index is 12.5. The third-order valence-corrected chi connectivity index (χ3v) is 2.13. The molecule has 0 radical (unpaired) electrons. The van der Waals surface area contributed by atoms with Gasteiger partial charge in [-0.3, -0.25) is 4.79 Å². The molecule has 0 heterocycles. The predicted octanol–water partition coefficient (Wildman–Crippen LogP) is 1.39. The van der Waals surface area contributed by atoms with Crippen LogP contribution in [0.25, 0.3) is 0 Å². The monoisotopic (exact) mass is 249 g/mol. The van der Waals surface area contributed by atoms with E-state index in [1.807, 2.05) is 0 Å². The molecule has 0 amide bonds. The van der Waals surface area contributed by atoms with Gasteiger partial charge in [0, 0.05) is 5.75 Å². The van der Waals surface area contributed by atoms with Gasteiger partial charge in [0.05, 0.1) is 0 Å². The molecular weight excluding hydrogens is 242 g/mol. The molecule has 0 aliphatic carbocycles. The number of carbonyl (C=O) groups is 1. The van der Waals surface area contributed by atoms with Gasteiger partial charge >= 0.3 is 12.1 Å². The van der Waals surface area contributed by atoms with Crippen molar-refractivity contribution in [3.05, 3.63) is 10.9 Å². The van der Waals surface area contributed by atoms with E-state index in [0.29, 0.717) is 0 Å². The topological polar surface area (TPSA) is 83.5 Å². The number of rotatable bonds is 4. The van der Waals surface area contributed by atoms with Crippen LogP contribution in [0.1, 0.15) is 0 Å². The molecule has 88 valence electrons. The largest absolute Gasteiger partial charge is 0.502 e. The quantitative estimate of drug-likeness (QED) is 0.518. The molecule has 15 heavy (non-hydrogen) atoms. The summed E-state index contributed by atoms with van der Waals surface area (Å²) in [5.41, 5.74) is 4.90. The number of aliphatic hydroxyl groups excluding tert-OH is 1. The Morgan fingerprint density at radius 2 is 1.87 bits per heavy atom. The van der Waals surface area contributed by atoms with E-state index in [4.69, 9.17) is 15.9 Å². The van der Waals surface area contributed by atoms with Crippen LogP contribution in [0.5, 0.6) is 0 Å². The van der Waals surface area contributed by atoms with Crippen molar-refractivity contribution in [2.24, 2.45) is 5.73 Å². The van der Waals surface area contributed by atoms with Crippen LogP contribution in [0.4, 0.5) is 17.6 Å². The van der Waals surface area contributed by atoms with Gasteiger partial charge in [0.2, 0.25) is 10.9 Å². The lowest BCUT2D eigenvalue weighted by molar-refractivity contribution is -0.137. The summed E-state index contributed by atoms with van der Waals surface area (Å²) in [7, 11) is 0. The number of aliphatic carboxylic acids is 1. The van der Waals surface area contributed by atoms with Crippen LogP contribution in [0.15, 0.2) is 10.9 Å². The van der Waals surface area contributed by atoms with Gasteiger partial charge in [0.25, 0.3) is 0 Å². The highest BCUT2D eigenvalue weighted by Gasteiger charge is 2.37. The maximum atomic E-state index is 12.5. The normalized spacial score (nSPS) is 15.8. The van der Waals surface area contributed by atoms with Gasteiger partial charge in [-0.1, -0.05) is 11.8 Å². The molecule has 0 spiro atoms. The number of halogens is 4. The highest BCUT2D eigenvalue weighted by atomic mass is 32.2. The van der Waals surface area contributed by atoms with Gasteiger partial charge in [-0.2, -0.15) is 17.6 Å². The number of carboxylic acid groups (broad SMARTS) is 1. The van der Waals surface area contributed by atoms with Gasteiger partial charge in [-0.15, -0.1) is 0 Å². The Morgan fingerprint density at radius 1 is 1.40 bits per heavy atom. The van der Waals surface area contributed by atoms with E-state index in [2.05, 4.69) is 0 Å². The van der Waals surface area contributed by atoms with Crippen LogP contribution in [0.2, 0.25) is 0 Å². The van der Waals surface area contributed by atoms with Crippen LogP contribution in [0.3, 0.4) is 0 Å². The Labute approximate surface area is 85.7 Å². The summed E-state index contributed by atoms with van der Waals surface area (Å²) >= 11 is -0.115. The van der Waals surface area contributed by atoms with E-state index in [0.717, 1.165) is 0 Å². The van der Waals surface area contributed by atoms with Crippen molar-refractivity contribution >= 4 is 17.7 Å². The summed E-state index contributed by atoms with van der Waals surface area (Å²) in [4.78, 5) is 10.1. The Bertz CT molecular complexity index is 278. The minimum Gasteiger partial charge on any atom is -0.502 e. The van der Waals surface area contributed by atoms with Gasteiger partial charge in [0.1, 0.15) is 6.04 Å². The SMILES string of the molecule is N[C@@H](CS/C(F)=C(/O)C(F)(F)F)C(=O)O. The van der Waals surface area contributed by atoms with E-state index in [1.54, 1.807) is 0 Å². The highest BCUT2D eigenvalue weighted by Crippen LogP contribution is 2.31. The van der Waals surface area contributed by atoms with Crippen LogP contribution in [0, 0.1) is 0 Å². The molecule has 0 aromatic heterocycles. The van der Waals surface area contributed by atoms with Crippen molar-refractivity contribution in [3.8, 4) is 0 Å². The zero-order chi connectivity index (χ0) is 12.2. The number of aliphatic hydroxyl groups is 1. The first-order valence-corrected chi connectivity index (χ1v) is 4.42. The second-order valence-electron chi connectivity index (χ2n) is 2.38. The molecule has 0 bridgehead atoms. The zero-order valence-corrected chi connectivity index (χ0v) is 7.90. The van der Waals surface area contributed by atoms with E-state index < -0.39 is 34.9 Å². The van der Waals surface area contributed by atoms with Crippen molar-refractivity contribution in [1.29, 1.82) is 0 Å². The molecule has 0 aromatic carbocycles. The third kappa shape index (κ3) is 4.88. The number of hydrogen-bond acceptors (Lipinski definition) is 4. The van der Waals surface area contributed by atoms with Crippen molar-refractivity contribution in [3.63, 3.8) is 0 Å². The number of nitrogens with two attached hydrogens (primary N) is 1. The summed E-state index contributed by atoms with van der Waals surface area (Å²) in [6.45, 7) is 0. The van der Waals surface area contributed by atoms with E-state index in [-0.39, 0.29) is 11.8 Å². The van der Waals surface area contributed by atoms with E-state index in [9.17, 15) is 22.4 Å². The molecular formula is C6H7F4NO3S. The fourth-order valence-corrected chi connectivity index (χ4v) is 1.13. The number of hydrogen-bond donors (Lipinski definition) is 3. The molecule has 9 heteroatoms. The molecule has 4 N–H and O–H groups in total. The number of carboxylic acids is 1. The Morgan fingerprint density at radius 3 is 2.20 bits per heavy atom. The Hall–Kier alpha value is -0.960. The first kappa shape index (κ1) is 14.0. The Kier molecular flexibility index (Phi) is 4.88. The van der Waals surface area contributed by atoms with Gasteiger partial charge in [-0.25, -0.2) is 0 Å². The fourth-order valence-electron chi connectivity index (χ4n) is 0.414. The van der Waals surface area contributed by atoms with E-state index >= 15 is 0 Å². The lowest BCUT2D eigenvalue weighted by Gasteiger charge is -2.07. The van der Waals surface area contributed by atoms with Crippen molar-refractivity contribution < 1.29 is 32.6 Å². The number of allylic oxidation sites excluding steroid dienone is 1. The second-order valence-corrected chi connectivity index (χ2v) is 3.36. The lowest BCUT2D eigenvalue weighted by atomic mass is 10.4. The zero-order valence-electron chi connectivity index (χ0n) is 7.08.